The molecule has 1 fully saturated rings. The van der Waals surface area contributed by atoms with Crippen LogP contribution in [0, 0.1) is 10.1 Å². The smallest absolute Gasteiger partial charge is 0.312 e. The third-order valence-electron chi connectivity index (χ3n) is 6.65. The Hall–Kier alpha value is -3.84. The van der Waals surface area contributed by atoms with Crippen LogP contribution >= 0.6 is 11.6 Å². The van der Waals surface area contributed by atoms with E-state index < -0.39 is 16.6 Å². The number of ether oxygens (including phenoxy) is 1. The second kappa shape index (κ2) is 7.08. The van der Waals surface area contributed by atoms with Gasteiger partial charge in [-0.25, -0.2) is 0 Å². The van der Waals surface area contributed by atoms with E-state index in [0.717, 1.165) is 27.7 Å². The normalized spacial score (nSPS) is 21.3. The van der Waals surface area contributed by atoms with Gasteiger partial charge < -0.3 is 14.6 Å². The highest BCUT2D eigenvalue weighted by Crippen LogP contribution is 2.53. The van der Waals surface area contributed by atoms with Crippen LogP contribution in [0.15, 0.2) is 72.8 Å². The third kappa shape index (κ3) is 2.66. The monoisotopic (exact) mass is 459 g/mol. The predicted molar refractivity (Wildman–Crippen MR) is 123 cm³/mol. The molecule has 3 heterocycles. The number of nitrogens with one attached hydrogen (secondary N) is 1. The molecule has 0 spiro atoms. The molecule has 2 aliphatic rings. The first-order chi connectivity index (χ1) is 16.0. The Morgan fingerprint density at radius 3 is 2.64 bits per heavy atom. The summed E-state index contributed by atoms with van der Waals surface area (Å²) in [6, 6.07) is 21.9. The number of nitrogens with zero attached hydrogens (tertiary/aromatic N) is 2. The molecular formula is C25H18ClN3O4. The van der Waals surface area contributed by atoms with Gasteiger partial charge >= 0.3 is 5.69 Å². The van der Waals surface area contributed by atoms with E-state index in [1.54, 1.807) is 0 Å². The van der Waals surface area contributed by atoms with E-state index in [4.69, 9.17) is 16.3 Å². The number of carbonyl (C=O) groups is 1. The predicted octanol–water partition coefficient (Wildman–Crippen LogP) is 4.82. The van der Waals surface area contributed by atoms with Gasteiger partial charge in [0.15, 0.2) is 11.3 Å². The first-order valence-electron chi connectivity index (χ1n) is 10.6. The van der Waals surface area contributed by atoms with Crippen molar-refractivity contribution in [3.05, 3.63) is 105 Å². The summed E-state index contributed by atoms with van der Waals surface area (Å²) in [5, 5.41) is 13.0. The summed E-state index contributed by atoms with van der Waals surface area (Å²) in [5.74, 6) is -0.187. The summed E-state index contributed by atoms with van der Waals surface area (Å²) in [7, 11) is 0. The Labute approximate surface area is 193 Å². The zero-order valence-electron chi connectivity index (χ0n) is 17.3. The average molecular weight is 460 g/mol. The second-order valence-corrected chi connectivity index (χ2v) is 8.70. The van der Waals surface area contributed by atoms with Gasteiger partial charge in [0.05, 0.1) is 10.6 Å². The Morgan fingerprint density at radius 1 is 1.09 bits per heavy atom. The van der Waals surface area contributed by atoms with E-state index in [1.807, 2.05) is 53.4 Å². The van der Waals surface area contributed by atoms with Gasteiger partial charge in [-0.1, -0.05) is 60.1 Å². The summed E-state index contributed by atoms with van der Waals surface area (Å²) >= 11 is 5.98. The first kappa shape index (κ1) is 19.8. The number of halogens is 1. The van der Waals surface area contributed by atoms with Gasteiger partial charge in [0, 0.05) is 28.5 Å². The maximum atomic E-state index is 13.3. The molecule has 6 rings (SSSR count). The van der Waals surface area contributed by atoms with Crippen molar-refractivity contribution >= 4 is 34.1 Å². The number of aromatic nitrogens is 1. The van der Waals surface area contributed by atoms with Gasteiger partial charge in [-0.15, -0.1) is 0 Å². The largest absolute Gasteiger partial charge is 0.470 e. The van der Waals surface area contributed by atoms with Gasteiger partial charge in [-0.3, -0.25) is 14.9 Å². The molecule has 0 unspecified atom stereocenters. The molecule has 0 bridgehead atoms. The number of β-lactam (4-membered cyclic amide) rings is 1. The number of hydrogen-bond acceptors (Lipinski definition) is 4. The van der Waals surface area contributed by atoms with Crippen molar-refractivity contribution < 1.29 is 14.5 Å². The van der Waals surface area contributed by atoms with Crippen molar-refractivity contribution in [2.45, 2.75) is 18.1 Å². The number of aromatic amines is 1. The Morgan fingerprint density at radius 2 is 1.85 bits per heavy atom. The highest BCUT2D eigenvalue weighted by Gasteiger charge is 2.67. The van der Waals surface area contributed by atoms with E-state index >= 15 is 0 Å². The molecule has 8 heteroatoms. The lowest BCUT2D eigenvalue weighted by atomic mass is 9.68. The summed E-state index contributed by atoms with van der Waals surface area (Å²) in [4.78, 5) is 29.8. The van der Waals surface area contributed by atoms with Crippen LogP contribution in [0.2, 0.25) is 5.02 Å². The van der Waals surface area contributed by atoms with Crippen molar-refractivity contribution in [1.29, 1.82) is 0 Å². The molecular weight excluding hydrogens is 442 g/mol. The number of benzene rings is 3. The van der Waals surface area contributed by atoms with Crippen molar-refractivity contribution in [2.24, 2.45) is 0 Å². The highest BCUT2D eigenvalue weighted by molar-refractivity contribution is 6.30. The fourth-order valence-electron chi connectivity index (χ4n) is 5.27. The first-order valence-corrected chi connectivity index (χ1v) is 11.0. The number of H-pyrrole nitrogens is 1. The maximum absolute atomic E-state index is 13.3. The molecule has 0 aliphatic carbocycles. The molecule has 2 atom stereocenters. The summed E-state index contributed by atoms with van der Waals surface area (Å²) in [5.41, 5.74) is 2.71. The molecule has 0 saturated carbocycles. The maximum Gasteiger partial charge on any atom is 0.312 e. The number of para-hydroxylation sites is 1. The lowest BCUT2D eigenvalue weighted by Gasteiger charge is -2.58. The zero-order valence-corrected chi connectivity index (χ0v) is 18.1. The van der Waals surface area contributed by atoms with Crippen LogP contribution in [-0.4, -0.2) is 33.4 Å². The number of nitro groups is 1. The molecule has 1 amide bonds. The fraction of sp³-hybridized carbons (Fsp3) is 0.160. The minimum Gasteiger partial charge on any atom is -0.470 e. The van der Waals surface area contributed by atoms with Crippen molar-refractivity contribution in [1.82, 2.24) is 9.88 Å². The molecule has 3 aromatic carbocycles. The van der Waals surface area contributed by atoms with Crippen LogP contribution in [0.5, 0.6) is 5.75 Å². The molecule has 1 saturated heterocycles. The van der Waals surface area contributed by atoms with Crippen LogP contribution in [0.3, 0.4) is 0 Å². The van der Waals surface area contributed by atoms with Gasteiger partial charge in [-0.2, -0.15) is 0 Å². The van der Waals surface area contributed by atoms with Crippen LogP contribution in [-0.2, 0) is 16.8 Å². The van der Waals surface area contributed by atoms with Crippen molar-refractivity contribution in [2.75, 3.05) is 6.54 Å². The molecule has 0 radical (unpaired) electrons. The van der Waals surface area contributed by atoms with Gasteiger partial charge in [0.25, 0.3) is 5.91 Å². The SMILES string of the molecule is O=C1[C@@H](Oc2ccc(Cl)cc2[N+](=O)[O-])[C@]2(c3ccccc3)c3[nH]c4ccccc4c3CCN12. The van der Waals surface area contributed by atoms with Crippen molar-refractivity contribution in [3.63, 3.8) is 0 Å². The Balaban J connectivity index is 1.57. The van der Waals surface area contributed by atoms with E-state index in [0.29, 0.717) is 13.0 Å². The van der Waals surface area contributed by atoms with Gasteiger partial charge in [0.2, 0.25) is 6.10 Å². The molecule has 2 aliphatic heterocycles. The molecule has 4 aromatic rings. The molecule has 164 valence electrons. The summed E-state index contributed by atoms with van der Waals surface area (Å²) in [6.45, 7) is 0.533. The van der Waals surface area contributed by atoms with Gasteiger partial charge in [0.1, 0.15) is 0 Å². The fourth-order valence-corrected chi connectivity index (χ4v) is 5.44. The quantitative estimate of drug-likeness (QED) is 0.269. The van der Waals surface area contributed by atoms with E-state index in [-0.39, 0.29) is 22.4 Å². The topological polar surface area (TPSA) is 88.5 Å². The summed E-state index contributed by atoms with van der Waals surface area (Å²) < 4.78 is 6.18. The molecule has 1 N–H and O–H groups in total. The minimum atomic E-state index is -0.966. The second-order valence-electron chi connectivity index (χ2n) is 8.26. The number of rotatable bonds is 4. The van der Waals surface area contributed by atoms with Crippen LogP contribution < -0.4 is 4.74 Å². The lowest BCUT2D eigenvalue weighted by molar-refractivity contribution is -0.386. The molecule has 33 heavy (non-hydrogen) atoms. The highest BCUT2D eigenvalue weighted by atomic mass is 35.5. The number of amides is 1. The minimum absolute atomic E-state index is 0.0148. The number of fused-ring (bicyclic) bond motifs is 5. The standard InChI is InChI=1S/C25H18ClN3O4/c26-16-10-11-21(20(14-16)29(31)32)33-23-24(30)28-13-12-18-17-8-4-5-9-19(17)27-22(18)25(23,28)15-6-2-1-3-7-15/h1-11,14,23,27H,12-13H2/t23-,25+/m1/s1. The van der Waals surface area contributed by atoms with Crippen LogP contribution in [0.4, 0.5) is 5.69 Å². The molecule has 7 nitrogen and oxygen atoms in total. The summed E-state index contributed by atoms with van der Waals surface area (Å²) in [6.07, 6.45) is -0.250. The van der Waals surface area contributed by atoms with Crippen LogP contribution in [0.1, 0.15) is 16.8 Å². The zero-order chi connectivity index (χ0) is 22.7. The van der Waals surface area contributed by atoms with Crippen molar-refractivity contribution in [3.8, 4) is 5.75 Å². The lowest BCUT2D eigenvalue weighted by Crippen LogP contribution is -2.76. The Kier molecular flexibility index (Phi) is 4.25. The Bertz CT molecular complexity index is 1430. The van der Waals surface area contributed by atoms with E-state index in [2.05, 4.69) is 11.1 Å². The van der Waals surface area contributed by atoms with E-state index in [1.165, 1.54) is 18.2 Å². The number of nitro benzene ring substituents is 1. The van der Waals surface area contributed by atoms with Crippen LogP contribution in [0.25, 0.3) is 10.9 Å². The molecule has 1 aromatic heterocycles. The number of hydrogen-bond donors (Lipinski definition) is 1. The number of carbonyl (C=O) groups excluding carboxylic acids is 1. The van der Waals surface area contributed by atoms with Gasteiger partial charge in [-0.05, 0) is 35.7 Å². The van der Waals surface area contributed by atoms with E-state index in [9.17, 15) is 14.9 Å². The third-order valence-corrected chi connectivity index (χ3v) is 6.89. The average Bonchev–Trinajstić information content (AvgIpc) is 3.21.